The third-order valence-corrected chi connectivity index (χ3v) is 6.99. The van der Waals surface area contributed by atoms with Gasteiger partial charge in [-0.1, -0.05) is 18.6 Å². The quantitative estimate of drug-likeness (QED) is 0.488. The number of aliphatic hydroxyl groups excluding tert-OH is 1. The number of anilines is 1. The van der Waals surface area contributed by atoms with Crippen LogP contribution in [0.2, 0.25) is 0 Å². The van der Waals surface area contributed by atoms with Gasteiger partial charge in [0.25, 0.3) is 5.91 Å². The molecule has 9 heteroatoms. The highest BCUT2D eigenvalue weighted by atomic mass is 16.7. The van der Waals surface area contributed by atoms with Crippen LogP contribution in [0, 0.1) is 0 Å². The number of carbonyl (C=O) groups is 1. The van der Waals surface area contributed by atoms with E-state index in [2.05, 4.69) is 23.6 Å². The summed E-state index contributed by atoms with van der Waals surface area (Å²) < 4.78 is 17.5. The van der Waals surface area contributed by atoms with Crippen LogP contribution in [0.3, 0.4) is 0 Å². The van der Waals surface area contributed by atoms with Crippen molar-refractivity contribution in [2.75, 3.05) is 26.0 Å². The van der Waals surface area contributed by atoms with Gasteiger partial charge in [-0.3, -0.25) is 4.79 Å². The smallest absolute Gasteiger partial charge is 0.256 e. The van der Waals surface area contributed by atoms with Crippen LogP contribution in [0.1, 0.15) is 44.0 Å². The number of fused-ring (bicyclic) bond motifs is 2. The molecule has 4 N–H and O–H groups in total. The SMILES string of the molecule is CC/C=C1\CC2C(OC)Nc3ccc(O[C@@H]4O[C@@H](C)[C@H](NC)[C@@](C)(O)[C@H]4O)cc3C(=O)N2C1. The molecule has 0 saturated carbocycles. The van der Waals surface area contributed by atoms with Crippen LogP contribution >= 0.6 is 0 Å². The standard InChI is InChI=1S/C24H35N3O6/c1-6-7-14-10-18-21(31-5)26-17-9-8-15(11-16(17)22(29)27(18)12-14)33-23-20(28)24(3,30)19(25-4)13(2)32-23/h7-9,11,13,18-21,23,25-26,28,30H,6,10,12H2,1-5H3/b14-7+/t13-,18?,19-,20-,21?,23-,24+/m0/s1. The first-order chi connectivity index (χ1) is 15.7. The molecule has 3 heterocycles. The summed E-state index contributed by atoms with van der Waals surface area (Å²) in [5, 5.41) is 27.9. The van der Waals surface area contributed by atoms with Gasteiger partial charge in [0.1, 0.15) is 23.7 Å². The summed E-state index contributed by atoms with van der Waals surface area (Å²) in [7, 11) is 3.34. The molecule has 3 aliphatic heterocycles. The maximum atomic E-state index is 13.5. The Morgan fingerprint density at radius 3 is 2.85 bits per heavy atom. The molecule has 3 aliphatic rings. The number of benzene rings is 1. The first-order valence-electron chi connectivity index (χ1n) is 11.5. The molecule has 2 unspecified atom stereocenters. The number of allylic oxidation sites excluding steroid dienone is 1. The number of hydrogen-bond donors (Lipinski definition) is 4. The second-order valence-corrected chi connectivity index (χ2v) is 9.25. The van der Waals surface area contributed by atoms with Crippen molar-refractivity contribution in [3.05, 3.63) is 35.4 Å². The number of nitrogens with zero attached hydrogens (tertiary/aromatic N) is 1. The summed E-state index contributed by atoms with van der Waals surface area (Å²) in [6.07, 6.45) is 0.747. The molecule has 7 atom stereocenters. The molecule has 0 spiro atoms. The highest BCUT2D eigenvalue weighted by molar-refractivity contribution is 6.01. The van der Waals surface area contributed by atoms with E-state index in [4.69, 9.17) is 14.2 Å². The van der Waals surface area contributed by atoms with E-state index in [0.29, 0.717) is 23.5 Å². The predicted octanol–water partition coefficient (Wildman–Crippen LogP) is 1.46. The van der Waals surface area contributed by atoms with Gasteiger partial charge in [0.15, 0.2) is 0 Å². The second-order valence-electron chi connectivity index (χ2n) is 9.25. The van der Waals surface area contributed by atoms with Gasteiger partial charge in [-0.05, 0) is 51.9 Å². The zero-order valence-corrected chi connectivity index (χ0v) is 19.9. The van der Waals surface area contributed by atoms with Gasteiger partial charge in [0.05, 0.1) is 23.8 Å². The molecule has 4 rings (SSSR count). The molecular formula is C24H35N3O6. The van der Waals surface area contributed by atoms with Crippen LogP contribution in [0.5, 0.6) is 5.75 Å². The number of nitrogens with one attached hydrogen (secondary N) is 2. The minimum absolute atomic E-state index is 0.102. The Kier molecular flexibility index (Phi) is 6.70. The summed E-state index contributed by atoms with van der Waals surface area (Å²) in [6, 6.07) is 4.57. The number of ether oxygens (including phenoxy) is 3. The first kappa shape index (κ1) is 24.0. The number of methoxy groups -OCH3 is 1. The van der Waals surface area contributed by atoms with Crippen molar-refractivity contribution in [2.45, 2.75) is 76.0 Å². The number of aliphatic hydroxyl groups is 2. The average molecular weight is 462 g/mol. The van der Waals surface area contributed by atoms with Crippen LogP contribution in [0.15, 0.2) is 29.8 Å². The maximum absolute atomic E-state index is 13.5. The lowest BCUT2D eigenvalue weighted by Gasteiger charge is -2.47. The largest absolute Gasteiger partial charge is 0.462 e. The highest BCUT2D eigenvalue weighted by Crippen LogP contribution is 2.36. The van der Waals surface area contributed by atoms with Gasteiger partial charge >= 0.3 is 0 Å². The third kappa shape index (κ3) is 4.24. The molecule has 0 aliphatic carbocycles. The van der Waals surface area contributed by atoms with Crippen LogP contribution in [-0.2, 0) is 9.47 Å². The average Bonchev–Trinajstić information content (AvgIpc) is 3.15. The van der Waals surface area contributed by atoms with Crippen molar-refractivity contribution in [2.24, 2.45) is 0 Å². The zero-order valence-electron chi connectivity index (χ0n) is 19.9. The number of carbonyl (C=O) groups excluding carboxylic acids is 1. The molecule has 0 bridgehead atoms. The van der Waals surface area contributed by atoms with Gasteiger partial charge in [0, 0.05) is 19.3 Å². The minimum Gasteiger partial charge on any atom is -0.462 e. The molecule has 2 fully saturated rings. The highest BCUT2D eigenvalue weighted by Gasteiger charge is 2.52. The van der Waals surface area contributed by atoms with Gasteiger partial charge in [-0.15, -0.1) is 0 Å². The zero-order chi connectivity index (χ0) is 23.9. The normalized spacial score (nSPS) is 37.4. The summed E-state index contributed by atoms with van der Waals surface area (Å²) in [4.78, 5) is 15.3. The van der Waals surface area contributed by atoms with Crippen molar-refractivity contribution >= 4 is 11.6 Å². The lowest BCUT2D eigenvalue weighted by atomic mass is 9.84. The Morgan fingerprint density at radius 2 is 2.18 bits per heavy atom. The van der Waals surface area contributed by atoms with E-state index in [0.717, 1.165) is 12.8 Å². The fourth-order valence-corrected chi connectivity index (χ4v) is 5.28. The summed E-state index contributed by atoms with van der Waals surface area (Å²) in [6.45, 7) is 6.02. The molecule has 182 valence electrons. The minimum atomic E-state index is -1.46. The van der Waals surface area contributed by atoms with Crippen molar-refractivity contribution in [1.82, 2.24) is 10.2 Å². The lowest BCUT2D eigenvalue weighted by Crippen LogP contribution is -2.69. The molecule has 33 heavy (non-hydrogen) atoms. The Labute approximate surface area is 194 Å². The maximum Gasteiger partial charge on any atom is 0.256 e. The first-order valence-corrected chi connectivity index (χ1v) is 11.5. The second kappa shape index (κ2) is 9.23. The number of amides is 1. The molecule has 2 saturated heterocycles. The van der Waals surface area contributed by atoms with Crippen LogP contribution in [-0.4, -0.2) is 84.1 Å². The third-order valence-electron chi connectivity index (χ3n) is 6.99. The lowest BCUT2D eigenvalue weighted by molar-refractivity contribution is -0.272. The number of rotatable bonds is 5. The van der Waals surface area contributed by atoms with Crippen LogP contribution in [0.4, 0.5) is 5.69 Å². The Bertz CT molecular complexity index is 919. The molecule has 0 aromatic heterocycles. The fraction of sp³-hybridized carbons (Fsp3) is 0.625. The Hall–Kier alpha value is -2.17. The molecule has 9 nitrogen and oxygen atoms in total. The van der Waals surface area contributed by atoms with Crippen LogP contribution < -0.4 is 15.4 Å². The van der Waals surface area contributed by atoms with Gasteiger partial charge in [0.2, 0.25) is 6.29 Å². The van der Waals surface area contributed by atoms with E-state index in [1.54, 1.807) is 39.3 Å². The molecule has 1 aromatic carbocycles. The monoisotopic (exact) mass is 461 g/mol. The van der Waals surface area contributed by atoms with E-state index in [-0.39, 0.29) is 18.2 Å². The van der Waals surface area contributed by atoms with Crippen molar-refractivity contribution in [3.8, 4) is 5.75 Å². The molecular weight excluding hydrogens is 426 g/mol. The van der Waals surface area contributed by atoms with Gasteiger partial charge < -0.3 is 40.0 Å². The predicted molar refractivity (Wildman–Crippen MR) is 123 cm³/mol. The summed E-state index contributed by atoms with van der Waals surface area (Å²) >= 11 is 0. The number of hydrogen-bond acceptors (Lipinski definition) is 8. The molecule has 1 aromatic rings. The van der Waals surface area contributed by atoms with Gasteiger partial charge in [-0.25, -0.2) is 0 Å². The van der Waals surface area contributed by atoms with Gasteiger partial charge in [-0.2, -0.15) is 0 Å². The van der Waals surface area contributed by atoms with Crippen molar-refractivity contribution in [3.63, 3.8) is 0 Å². The van der Waals surface area contributed by atoms with E-state index >= 15 is 0 Å². The number of likely N-dealkylation sites (N-methyl/N-ethyl adjacent to an activating group) is 1. The van der Waals surface area contributed by atoms with E-state index in [1.165, 1.54) is 5.57 Å². The van der Waals surface area contributed by atoms with Crippen LogP contribution in [0.25, 0.3) is 0 Å². The van der Waals surface area contributed by atoms with E-state index < -0.39 is 30.1 Å². The fourth-order valence-electron chi connectivity index (χ4n) is 5.28. The molecule has 1 amide bonds. The van der Waals surface area contributed by atoms with Crippen molar-refractivity contribution < 1.29 is 29.2 Å². The topological polar surface area (TPSA) is 113 Å². The Morgan fingerprint density at radius 1 is 1.42 bits per heavy atom. The molecule has 0 radical (unpaired) electrons. The summed E-state index contributed by atoms with van der Waals surface area (Å²) in [5.74, 6) is 0.266. The summed E-state index contributed by atoms with van der Waals surface area (Å²) in [5.41, 5.74) is 0.893. The van der Waals surface area contributed by atoms with Crippen molar-refractivity contribution in [1.29, 1.82) is 0 Å². The van der Waals surface area contributed by atoms with E-state index in [1.807, 2.05) is 11.8 Å². The van der Waals surface area contributed by atoms with E-state index in [9.17, 15) is 15.0 Å². The Balaban J connectivity index is 1.60.